The maximum absolute atomic E-state index is 5.38. The fourth-order valence-corrected chi connectivity index (χ4v) is 3.11. The Kier molecular flexibility index (Phi) is 21.8. The number of unbranched alkanes of at least 4 members (excludes halogenated alkanes) is 16. The molecule has 0 radical (unpaired) electrons. The first-order valence-corrected chi connectivity index (χ1v) is 10.7. The number of hydrogen-bond donors (Lipinski definition) is 1. The van der Waals surface area contributed by atoms with Gasteiger partial charge >= 0.3 is 0 Å². The smallest absolute Gasteiger partial charge is 0.0588 e. The minimum absolute atomic E-state index is 0.652. The van der Waals surface area contributed by atoms with Gasteiger partial charge in [-0.3, -0.25) is 0 Å². The summed E-state index contributed by atoms with van der Waals surface area (Å²) in [6, 6.07) is 0. The van der Waals surface area contributed by atoms with Crippen LogP contribution in [0.15, 0.2) is 0 Å². The highest BCUT2D eigenvalue weighted by molar-refractivity contribution is 4.50. The van der Waals surface area contributed by atoms with E-state index >= 15 is 0 Å². The molecule has 0 rings (SSSR count). The van der Waals surface area contributed by atoms with Gasteiger partial charge in [-0.2, -0.15) is 0 Å². The van der Waals surface area contributed by atoms with E-state index in [0.29, 0.717) is 6.54 Å². The predicted octanol–water partition coefficient (Wildman–Crippen LogP) is 6.61. The van der Waals surface area contributed by atoms with Crippen LogP contribution >= 0.6 is 0 Å². The fraction of sp³-hybridized carbons (Fsp3) is 1.00. The SMILES string of the molecule is CCCCCCCCCCCCCCCCCCCOCCN. The Labute approximate surface area is 146 Å². The quantitative estimate of drug-likeness (QED) is 0.255. The monoisotopic (exact) mass is 327 g/mol. The molecule has 2 N–H and O–H groups in total. The minimum atomic E-state index is 0.652. The van der Waals surface area contributed by atoms with Crippen molar-refractivity contribution in [2.24, 2.45) is 5.73 Å². The molecule has 0 unspecified atom stereocenters. The summed E-state index contributed by atoms with van der Waals surface area (Å²) in [6.45, 7) is 4.56. The lowest BCUT2D eigenvalue weighted by Crippen LogP contribution is -2.08. The van der Waals surface area contributed by atoms with Gasteiger partial charge < -0.3 is 10.5 Å². The average Bonchev–Trinajstić information content (AvgIpc) is 2.57. The van der Waals surface area contributed by atoms with E-state index in [-0.39, 0.29) is 0 Å². The van der Waals surface area contributed by atoms with Gasteiger partial charge in [-0.1, -0.05) is 110 Å². The summed E-state index contributed by atoms with van der Waals surface area (Å²) in [4.78, 5) is 0. The molecule has 2 heteroatoms. The van der Waals surface area contributed by atoms with Crippen molar-refractivity contribution in [3.8, 4) is 0 Å². The molecule has 23 heavy (non-hydrogen) atoms. The van der Waals surface area contributed by atoms with E-state index in [1.165, 1.54) is 109 Å². The Morgan fingerprint density at radius 3 is 1.17 bits per heavy atom. The molecule has 0 heterocycles. The van der Waals surface area contributed by atoms with Gasteiger partial charge in [0.2, 0.25) is 0 Å². The van der Waals surface area contributed by atoms with Crippen LogP contribution in [0.25, 0.3) is 0 Å². The van der Waals surface area contributed by atoms with E-state index in [2.05, 4.69) is 6.92 Å². The molecule has 0 spiro atoms. The van der Waals surface area contributed by atoms with E-state index in [0.717, 1.165) is 13.2 Å². The van der Waals surface area contributed by atoms with E-state index in [9.17, 15) is 0 Å². The zero-order valence-electron chi connectivity index (χ0n) is 16.1. The normalized spacial score (nSPS) is 11.2. The Bertz CT molecular complexity index is 176. The summed E-state index contributed by atoms with van der Waals surface area (Å²) in [7, 11) is 0. The van der Waals surface area contributed by atoms with Crippen LogP contribution in [0.4, 0.5) is 0 Å². The largest absolute Gasteiger partial charge is 0.380 e. The predicted molar refractivity (Wildman–Crippen MR) is 104 cm³/mol. The van der Waals surface area contributed by atoms with Gasteiger partial charge in [-0.25, -0.2) is 0 Å². The highest BCUT2D eigenvalue weighted by Crippen LogP contribution is 2.13. The molecule has 0 aromatic carbocycles. The lowest BCUT2D eigenvalue weighted by atomic mass is 10.0. The molecule has 0 aliphatic rings. The molecule has 0 saturated heterocycles. The van der Waals surface area contributed by atoms with Crippen molar-refractivity contribution in [2.75, 3.05) is 19.8 Å². The molecule has 0 aliphatic heterocycles. The van der Waals surface area contributed by atoms with Crippen molar-refractivity contribution in [1.29, 1.82) is 0 Å². The van der Waals surface area contributed by atoms with Gasteiger partial charge in [0.05, 0.1) is 6.61 Å². The second-order valence-electron chi connectivity index (χ2n) is 7.06. The maximum atomic E-state index is 5.38. The summed E-state index contributed by atoms with van der Waals surface area (Å²) < 4.78 is 5.38. The van der Waals surface area contributed by atoms with Crippen LogP contribution in [0.1, 0.15) is 116 Å². The maximum Gasteiger partial charge on any atom is 0.0588 e. The molecule has 0 aliphatic carbocycles. The van der Waals surface area contributed by atoms with Gasteiger partial charge in [0.25, 0.3) is 0 Å². The first-order chi connectivity index (χ1) is 11.4. The van der Waals surface area contributed by atoms with Crippen molar-refractivity contribution in [3.05, 3.63) is 0 Å². The second kappa shape index (κ2) is 21.9. The van der Waals surface area contributed by atoms with Gasteiger partial charge in [0.1, 0.15) is 0 Å². The van der Waals surface area contributed by atoms with E-state index in [4.69, 9.17) is 10.5 Å². The molecule has 2 nitrogen and oxygen atoms in total. The Morgan fingerprint density at radius 2 is 0.826 bits per heavy atom. The zero-order valence-corrected chi connectivity index (χ0v) is 16.1. The number of nitrogens with two attached hydrogens (primary N) is 1. The van der Waals surface area contributed by atoms with Crippen LogP contribution in [-0.2, 0) is 4.74 Å². The summed E-state index contributed by atoms with van der Waals surface area (Å²) in [5.74, 6) is 0. The highest BCUT2D eigenvalue weighted by Gasteiger charge is 1.95. The minimum Gasteiger partial charge on any atom is -0.380 e. The van der Waals surface area contributed by atoms with Crippen LogP contribution in [0, 0.1) is 0 Å². The third kappa shape index (κ3) is 21.9. The summed E-state index contributed by atoms with van der Waals surface area (Å²) in [5.41, 5.74) is 5.38. The number of rotatable bonds is 20. The van der Waals surface area contributed by atoms with Crippen molar-refractivity contribution >= 4 is 0 Å². The van der Waals surface area contributed by atoms with E-state index in [1.807, 2.05) is 0 Å². The third-order valence-corrected chi connectivity index (χ3v) is 4.65. The van der Waals surface area contributed by atoms with Crippen LogP contribution in [0.2, 0.25) is 0 Å². The third-order valence-electron chi connectivity index (χ3n) is 4.65. The summed E-state index contributed by atoms with van der Waals surface area (Å²) >= 11 is 0. The highest BCUT2D eigenvalue weighted by atomic mass is 16.5. The molecular weight excluding hydrogens is 282 g/mol. The molecule has 0 fully saturated rings. The van der Waals surface area contributed by atoms with Crippen molar-refractivity contribution in [3.63, 3.8) is 0 Å². The van der Waals surface area contributed by atoms with Crippen LogP contribution in [-0.4, -0.2) is 19.8 Å². The van der Waals surface area contributed by atoms with Gasteiger partial charge in [0.15, 0.2) is 0 Å². The molecule has 0 aromatic rings. The topological polar surface area (TPSA) is 35.2 Å². The standard InChI is InChI=1S/C21H45NO/c1-2-3-4-5-6-7-8-9-10-11-12-13-14-15-16-17-18-20-23-21-19-22/h2-22H2,1H3. The molecular formula is C21H45NO. The first kappa shape index (κ1) is 22.9. The zero-order chi connectivity index (χ0) is 16.8. The van der Waals surface area contributed by atoms with Crippen LogP contribution < -0.4 is 5.73 Å². The van der Waals surface area contributed by atoms with Crippen molar-refractivity contribution in [1.82, 2.24) is 0 Å². The molecule has 0 aromatic heterocycles. The van der Waals surface area contributed by atoms with Gasteiger partial charge in [0, 0.05) is 13.2 Å². The Hall–Kier alpha value is -0.0800. The Morgan fingerprint density at radius 1 is 0.478 bits per heavy atom. The summed E-state index contributed by atoms with van der Waals surface area (Å²) in [6.07, 6.45) is 24.2. The fourth-order valence-electron chi connectivity index (χ4n) is 3.11. The lowest BCUT2D eigenvalue weighted by Gasteiger charge is -2.04. The van der Waals surface area contributed by atoms with E-state index in [1.54, 1.807) is 0 Å². The lowest BCUT2D eigenvalue weighted by molar-refractivity contribution is 0.137. The Balaban J connectivity index is 2.92. The molecule has 0 bridgehead atoms. The molecule has 140 valence electrons. The van der Waals surface area contributed by atoms with Crippen LogP contribution in [0.3, 0.4) is 0 Å². The van der Waals surface area contributed by atoms with Crippen LogP contribution in [0.5, 0.6) is 0 Å². The average molecular weight is 328 g/mol. The summed E-state index contributed by atoms with van der Waals surface area (Å²) in [5, 5.41) is 0. The second-order valence-corrected chi connectivity index (χ2v) is 7.06. The number of hydrogen-bond acceptors (Lipinski definition) is 2. The van der Waals surface area contributed by atoms with Gasteiger partial charge in [-0.15, -0.1) is 0 Å². The molecule has 0 atom stereocenters. The number of ether oxygens (including phenoxy) is 1. The van der Waals surface area contributed by atoms with E-state index < -0.39 is 0 Å². The molecule has 0 amide bonds. The van der Waals surface area contributed by atoms with Crippen molar-refractivity contribution < 1.29 is 4.74 Å². The van der Waals surface area contributed by atoms with Gasteiger partial charge in [-0.05, 0) is 6.42 Å². The first-order valence-electron chi connectivity index (χ1n) is 10.7. The molecule has 0 saturated carbocycles. The van der Waals surface area contributed by atoms with Crippen molar-refractivity contribution in [2.45, 2.75) is 116 Å².